The SMILES string of the molecule is O=S(=O)(c1ccccc1)[C@@H]1CC=C[C@H]2CCC=C12. The Kier molecular flexibility index (Phi) is 2.86. The summed E-state index contributed by atoms with van der Waals surface area (Å²) in [5.41, 5.74) is 1.11. The molecular formula is C15H16O2S. The Morgan fingerprint density at radius 2 is 1.89 bits per heavy atom. The summed E-state index contributed by atoms with van der Waals surface area (Å²) < 4.78 is 25.3. The minimum absolute atomic E-state index is 0.349. The van der Waals surface area contributed by atoms with Crippen LogP contribution in [0.2, 0.25) is 0 Å². The first-order valence-electron chi connectivity index (χ1n) is 6.35. The van der Waals surface area contributed by atoms with Gasteiger partial charge in [-0.2, -0.15) is 0 Å². The fourth-order valence-electron chi connectivity index (χ4n) is 2.91. The Balaban J connectivity index is 2.03. The number of fused-ring (bicyclic) bond motifs is 1. The first kappa shape index (κ1) is 11.7. The van der Waals surface area contributed by atoms with E-state index >= 15 is 0 Å². The lowest BCUT2D eigenvalue weighted by atomic mass is 9.92. The van der Waals surface area contributed by atoms with Crippen molar-refractivity contribution in [1.82, 2.24) is 0 Å². The second-order valence-electron chi connectivity index (χ2n) is 4.90. The molecule has 0 spiro atoms. The van der Waals surface area contributed by atoms with Gasteiger partial charge in [0.05, 0.1) is 10.1 Å². The van der Waals surface area contributed by atoms with Gasteiger partial charge in [0.15, 0.2) is 9.84 Å². The molecule has 1 aromatic carbocycles. The van der Waals surface area contributed by atoms with Gasteiger partial charge in [-0.1, -0.05) is 36.4 Å². The molecule has 0 radical (unpaired) electrons. The van der Waals surface area contributed by atoms with Crippen LogP contribution in [0.25, 0.3) is 0 Å². The van der Waals surface area contributed by atoms with Gasteiger partial charge in [0.2, 0.25) is 0 Å². The van der Waals surface area contributed by atoms with E-state index in [0.717, 1.165) is 18.4 Å². The van der Waals surface area contributed by atoms with Gasteiger partial charge >= 0.3 is 0 Å². The van der Waals surface area contributed by atoms with Crippen LogP contribution in [0.5, 0.6) is 0 Å². The summed E-state index contributed by atoms with van der Waals surface area (Å²) in [5.74, 6) is 0.349. The zero-order chi connectivity index (χ0) is 12.6. The third-order valence-corrected chi connectivity index (χ3v) is 5.97. The van der Waals surface area contributed by atoms with Crippen LogP contribution in [0.3, 0.4) is 0 Å². The highest BCUT2D eigenvalue weighted by atomic mass is 32.2. The molecule has 2 aliphatic rings. The summed E-state index contributed by atoms with van der Waals surface area (Å²) in [5, 5.41) is -0.350. The predicted molar refractivity (Wildman–Crippen MR) is 72.0 cm³/mol. The lowest BCUT2D eigenvalue weighted by Crippen LogP contribution is -2.27. The van der Waals surface area contributed by atoms with E-state index in [9.17, 15) is 8.42 Å². The minimum atomic E-state index is -3.24. The van der Waals surface area contributed by atoms with Crippen LogP contribution in [-0.2, 0) is 9.84 Å². The second kappa shape index (κ2) is 4.39. The average Bonchev–Trinajstić information content (AvgIpc) is 2.87. The van der Waals surface area contributed by atoms with Gasteiger partial charge in [-0.15, -0.1) is 0 Å². The Labute approximate surface area is 108 Å². The van der Waals surface area contributed by atoms with Crippen molar-refractivity contribution in [3.05, 3.63) is 54.1 Å². The summed E-state index contributed by atoms with van der Waals surface area (Å²) in [6, 6.07) is 8.80. The molecule has 0 unspecified atom stereocenters. The molecule has 0 saturated carbocycles. The maximum atomic E-state index is 12.7. The van der Waals surface area contributed by atoms with E-state index in [4.69, 9.17) is 0 Å². The smallest absolute Gasteiger partial charge is 0.185 e. The minimum Gasteiger partial charge on any atom is -0.223 e. The van der Waals surface area contributed by atoms with Crippen LogP contribution in [0.1, 0.15) is 19.3 Å². The number of rotatable bonds is 2. The van der Waals surface area contributed by atoms with E-state index in [1.54, 1.807) is 24.3 Å². The van der Waals surface area contributed by atoms with Crippen molar-refractivity contribution in [3.8, 4) is 0 Å². The van der Waals surface area contributed by atoms with Crippen molar-refractivity contribution >= 4 is 9.84 Å². The van der Waals surface area contributed by atoms with Crippen LogP contribution in [-0.4, -0.2) is 13.7 Å². The summed E-state index contributed by atoms with van der Waals surface area (Å²) in [7, 11) is -3.24. The van der Waals surface area contributed by atoms with Gasteiger partial charge in [0.1, 0.15) is 0 Å². The number of sulfone groups is 1. The monoisotopic (exact) mass is 260 g/mol. The molecule has 2 nitrogen and oxygen atoms in total. The van der Waals surface area contributed by atoms with Crippen molar-refractivity contribution < 1.29 is 8.42 Å². The zero-order valence-corrected chi connectivity index (χ0v) is 10.9. The van der Waals surface area contributed by atoms with Crippen molar-refractivity contribution in [2.45, 2.75) is 29.4 Å². The average molecular weight is 260 g/mol. The van der Waals surface area contributed by atoms with E-state index in [1.807, 2.05) is 12.1 Å². The number of allylic oxidation sites excluding steroid dienone is 3. The van der Waals surface area contributed by atoms with Crippen molar-refractivity contribution in [3.63, 3.8) is 0 Å². The molecule has 0 amide bonds. The van der Waals surface area contributed by atoms with Crippen LogP contribution < -0.4 is 0 Å². The normalized spacial score (nSPS) is 26.8. The quantitative estimate of drug-likeness (QED) is 0.766. The van der Waals surface area contributed by atoms with Crippen LogP contribution in [0.4, 0.5) is 0 Å². The lowest BCUT2D eigenvalue weighted by molar-refractivity contribution is 0.576. The van der Waals surface area contributed by atoms with Gasteiger partial charge in [-0.25, -0.2) is 8.42 Å². The molecule has 3 heteroatoms. The molecule has 2 atom stereocenters. The summed E-state index contributed by atoms with van der Waals surface area (Å²) >= 11 is 0. The highest BCUT2D eigenvalue weighted by Gasteiger charge is 2.36. The molecule has 1 aromatic rings. The van der Waals surface area contributed by atoms with Gasteiger partial charge in [-0.05, 0) is 42.9 Å². The van der Waals surface area contributed by atoms with E-state index in [-0.39, 0.29) is 5.25 Å². The zero-order valence-electron chi connectivity index (χ0n) is 10.1. The highest BCUT2D eigenvalue weighted by molar-refractivity contribution is 7.92. The highest BCUT2D eigenvalue weighted by Crippen LogP contribution is 2.38. The van der Waals surface area contributed by atoms with Gasteiger partial charge < -0.3 is 0 Å². The molecule has 0 aliphatic heterocycles. The molecule has 2 aliphatic carbocycles. The van der Waals surface area contributed by atoms with E-state index in [0.29, 0.717) is 17.2 Å². The summed E-state index contributed by atoms with van der Waals surface area (Å²) in [6.07, 6.45) is 8.99. The molecule has 0 saturated heterocycles. The molecule has 18 heavy (non-hydrogen) atoms. The van der Waals surface area contributed by atoms with Crippen LogP contribution in [0, 0.1) is 5.92 Å². The van der Waals surface area contributed by atoms with E-state index < -0.39 is 9.84 Å². The Morgan fingerprint density at radius 3 is 2.67 bits per heavy atom. The number of hydrogen-bond donors (Lipinski definition) is 0. The molecule has 0 bridgehead atoms. The topological polar surface area (TPSA) is 34.1 Å². The second-order valence-corrected chi connectivity index (χ2v) is 7.03. The van der Waals surface area contributed by atoms with Crippen molar-refractivity contribution in [1.29, 1.82) is 0 Å². The molecule has 0 fully saturated rings. The first-order chi connectivity index (χ1) is 8.69. The van der Waals surface area contributed by atoms with Gasteiger partial charge in [-0.3, -0.25) is 0 Å². The van der Waals surface area contributed by atoms with Crippen molar-refractivity contribution in [2.75, 3.05) is 0 Å². The summed E-state index contributed by atoms with van der Waals surface area (Å²) in [6.45, 7) is 0. The van der Waals surface area contributed by atoms with Crippen LogP contribution >= 0.6 is 0 Å². The fourth-order valence-corrected chi connectivity index (χ4v) is 4.77. The van der Waals surface area contributed by atoms with E-state index in [2.05, 4.69) is 12.2 Å². The maximum absolute atomic E-state index is 12.7. The standard InChI is InChI=1S/C15H16O2S/c16-18(17,13-8-2-1-3-9-13)15-11-5-7-12-6-4-10-14(12)15/h1-3,5,7-10,12,15H,4,6,11H2/t12-,15-/m1/s1. The lowest BCUT2D eigenvalue weighted by Gasteiger charge is -2.25. The number of benzene rings is 1. The molecule has 94 valence electrons. The van der Waals surface area contributed by atoms with Gasteiger partial charge in [0, 0.05) is 0 Å². The largest absolute Gasteiger partial charge is 0.223 e. The fraction of sp³-hybridized carbons (Fsp3) is 0.333. The third-order valence-electron chi connectivity index (χ3n) is 3.82. The molecule has 0 N–H and O–H groups in total. The van der Waals surface area contributed by atoms with Crippen molar-refractivity contribution in [2.24, 2.45) is 5.92 Å². The summed E-state index contributed by atoms with van der Waals surface area (Å²) in [4.78, 5) is 0.442. The Morgan fingerprint density at radius 1 is 1.11 bits per heavy atom. The molecule has 3 rings (SSSR count). The molecule has 0 heterocycles. The Hall–Kier alpha value is -1.35. The third kappa shape index (κ3) is 1.83. The Bertz CT molecular complexity index is 597. The van der Waals surface area contributed by atoms with Crippen LogP contribution in [0.15, 0.2) is 59.0 Å². The number of hydrogen-bond acceptors (Lipinski definition) is 2. The first-order valence-corrected chi connectivity index (χ1v) is 7.90. The maximum Gasteiger partial charge on any atom is 0.185 e. The van der Waals surface area contributed by atoms with E-state index in [1.165, 1.54) is 0 Å². The molecular weight excluding hydrogens is 244 g/mol. The van der Waals surface area contributed by atoms with Gasteiger partial charge in [0.25, 0.3) is 0 Å². The predicted octanol–water partition coefficient (Wildman–Crippen LogP) is 3.13. The molecule has 0 aromatic heterocycles.